The SMILES string of the molecule is Cc1c(Cl)cccc1-n1c(CNC(=O)C23CC4CC(CC(C4)C2)C3)nnc1SCC(=O)Nc1nc2ccccc2s1. The van der Waals surface area contributed by atoms with E-state index in [0.717, 1.165) is 40.7 Å². The van der Waals surface area contributed by atoms with Crippen LogP contribution in [0.15, 0.2) is 47.6 Å². The number of hydrogen-bond donors (Lipinski definition) is 2. The van der Waals surface area contributed by atoms with Gasteiger partial charge in [0, 0.05) is 10.4 Å². The Morgan fingerprint density at radius 2 is 1.78 bits per heavy atom. The zero-order valence-corrected chi connectivity index (χ0v) is 25.1. The van der Waals surface area contributed by atoms with E-state index in [4.69, 9.17) is 11.6 Å². The van der Waals surface area contributed by atoms with Crippen LogP contribution in [0, 0.1) is 30.1 Å². The predicted octanol–water partition coefficient (Wildman–Crippen LogP) is 6.40. The smallest absolute Gasteiger partial charge is 0.236 e. The van der Waals surface area contributed by atoms with E-state index in [-0.39, 0.29) is 29.5 Å². The highest BCUT2D eigenvalue weighted by Gasteiger charge is 2.54. The Labute approximate surface area is 251 Å². The number of anilines is 1. The number of aromatic nitrogens is 4. The number of benzene rings is 2. The number of nitrogens with zero attached hydrogens (tertiary/aromatic N) is 4. The lowest BCUT2D eigenvalue weighted by Crippen LogP contribution is -2.53. The number of halogens is 1. The van der Waals surface area contributed by atoms with Crippen LogP contribution in [-0.4, -0.2) is 37.3 Å². The first kappa shape index (κ1) is 26.9. The van der Waals surface area contributed by atoms with Gasteiger partial charge in [-0.05, 0) is 93.0 Å². The minimum atomic E-state index is -0.234. The lowest BCUT2D eigenvalue weighted by atomic mass is 9.49. The minimum Gasteiger partial charge on any atom is -0.348 e. The number of hydrogen-bond acceptors (Lipinski definition) is 7. The molecule has 4 bridgehead atoms. The quantitative estimate of drug-likeness (QED) is 0.225. The van der Waals surface area contributed by atoms with Crippen LogP contribution in [0.5, 0.6) is 0 Å². The van der Waals surface area contributed by atoms with Crippen molar-refractivity contribution in [1.29, 1.82) is 0 Å². The molecule has 2 heterocycles. The van der Waals surface area contributed by atoms with E-state index in [9.17, 15) is 9.59 Å². The molecule has 0 atom stereocenters. The summed E-state index contributed by atoms with van der Waals surface area (Å²) in [5.74, 6) is 2.81. The van der Waals surface area contributed by atoms with E-state index in [0.29, 0.717) is 38.9 Å². The third kappa shape index (κ3) is 5.15. The van der Waals surface area contributed by atoms with Gasteiger partial charge in [0.2, 0.25) is 11.8 Å². The van der Waals surface area contributed by atoms with E-state index < -0.39 is 0 Å². The van der Waals surface area contributed by atoms with Crippen LogP contribution in [0.2, 0.25) is 5.02 Å². The number of amides is 2. The number of nitrogens with one attached hydrogen (secondary N) is 2. The first-order valence-corrected chi connectivity index (χ1v) is 16.3. The van der Waals surface area contributed by atoms with Crippen LogP contribution < -0.4 is 10.6 Å². The summed E-state index contributed by atoms with van der Waals surface area (Å²) >= 11 is 9.23. The normalized spacial score (nSPS) is 24.6. The zero-order chi connectivity index (χ0) is 28.1. The number of thiazole rings is 1. The van der Waals surface area contributed by atoms with Crippen molar-refractivity contribution in [3.63, 3.8) is 0 Å². The second-order valence-corrected chi connectivity index (χ2v) is 14.2. The molecular weight excluding hydrogens is 576 g/mol. The van der Waals surface area contributed by atoms with Crippen molar-refractivity contribution in [2.75, 3.05) is 11.1 Å². The number of carbonyl (C=O) groups excluding carboxylic acids is 2. The molecule has 0 spiro atoms. The van der Waals surface area contributed by atoms with Crippen molar-refractivity contribution >= 4 is 61.9 Å². The maximum absolute atomic E-state index is 13.6. The fraction of sp³-hybridized carbons (Fsp3) is 0.433. The van der Waals surface area contributed by atoms with Crippen molar-refractivity contribution in [3.05, 3.63) is 58.9 Å². The number of rotatable bonds is 8. The molecule has 4 aromatic rings. The van der Waals surface area contributed by atoms with E-state index in [1.165, 1.54) is 42.4 Å². The van der Waals surface area contributed by atoms with Crippen LogP contribution in [0.25, 0.3) is 15.9 Å². The Morgan fingerprint density at radius 3 is 2.51 bits per heavy atom. The highest BCUT2D eigenvalue weighted by molar-refractivity contribution is 7.99. The third-order valence-electron chi connectivity index (χ3n) is 8.98. The highest BCUT2D eigenvalue weighted by atomic mass is 35.5. The summed E-state index contributed by atoms with van der Waals surface area (Å²) in [6, 6.07) is 13.5. The van der Waals surface area contributed by atoms with Gasteiger partial charge in [0.25, 0.3) is 0 Å². The summed E-state index contributed by atoms with van der Waals surface area (Å²) in [5.41, 5.74) is 2.33. The predicted molar refractivity (Wildman–Crippen MR) is 163 cm³/mol. The van der Waals surface area contributed by atoms with Crippen molar-refractivity contribution in [1.82, 2.24) is 25.1 Å². The van der Waals surface area contributed by atoms with Crippen LogP contribution in [0.3, 0.4) is 0 Å². The summed E-state index contributed by atoms with van der Waals surface area (Å²) < 4.78 is 2.93. The molecular formula is C30H31ClN6O2S2. The molecule has 8 nitrogen and oxygen atoms in total. The summed E-state index contributed by atoms with van der Waals surface area (Å²) in [5, 5.41) is 16.8. The van der Waals surface area contributed by atoms with Crippen molar-refractivity contribution < 1.29 is 9.59 Å². The molecule has 8 rings (SSSR count). The van der Waals surface area contributed by atoms with Crippen LogP contribution in [0.4, 0.5) is 5.13 Å². The van der Waals surface area contributed by atoms with Crippen LogP contribution >= 0.6 is 34.7 Å². The van der Waals surface area contributed by atoms with E-state index in [2.05, 4.69) is 25.8 Å². The van der Waals surface area contributed by atoms with E-state index >= 15 is 0 Å². The molecule has 4 fully saturated rings. The van der Waals surface area contributed by atoms with Gasteiger partial charge in [-0.15, -0.1) is 10.2 Å². The van der Waals surface area contributed by atoms with Gasteiger partial charge in [0.1, 0.15) is 0 Å². The molecule has 212 valence electrons. The fourth-order valence-corrected chi connectivity index (χ4v) is 9.35. The number of thioether (sulfide) groups is 1. The van der Waals surface area contributed by atoms with Gasteiger partial charge in [-0.2, -0.15) is 0 Å². The largest absolute Gasteiger partial charge is 0.348 e. The Balaban J connectivity index is 1.09. The number of para-hydroxylation sites is 1. The Bertz CT molecular complexity index is 1580. The molecule has 0 saturated heterocycles. The monoisotopic (exact) mass is 606 g/mol. The van der Waals surface area contributed by atoms with E-state index in [1.807, 2.05) is 54.0 Å². The summed E-state index contributed by atoms with van der Waals surface area (Å²) in [4.78, 5) is 31.0. The fourth-order valence-electron chi connectivity index (χ4n) is 7.54. The molecule has 11 heteroatoms. The minimum absolute atomic E-state index is 0.132. The molecule has 2 N–H and O–H groups in total. The van der Waals surface area contributed by atoms with Crippen molar-refractivity contribution in [2.24, 2.45) is 23.2 Å². The Morgan fingerprint density at radius 1 is 1.05 bits per heavy atom. The molecule has 2 amide bonds. The molecule has 2 aromatic heterocycles. The lowest BCUT2D eigenvalue weighted by Gasteiger charge is -2.55. The summed E-state index contributed by atoms with van der Waals surface area (Å²) in [6.45, 7) is 2.21. The molecule has 0 radical (unpaired) electrons. The molecule has 0 aliphatic heterocycles. The van der Waals surface area contributed by atoms with Crippen LogP contribution in [0.1, 0.15) is 49.9 Å². The van der Waals surface area contributed by atoms with Gasteiger partial charge in [0.15, 0.2) is 16.1 Å². The van der Waals surface area contributed by atoms with Crippen LogP contribution in [-0.2, 0) is 16.1 Å². The zero-order valence-electron chi connectivity index (χ0n) is 22.7. The average Bonchev–Trinajstić information content (AvgIpc) is 3.54. The maximum atomic E-state index is 13.6. The summed E-state index contributed by atoms with van der Waals surface area (Å²) in [6.07, 6.45) is 6.91. The molecule has 4 aliphatic rings. The average molecular weight is 607 g/mol. The highest BCUT2D eigenvalue weighted by Crippen LogP contribution is 2.60. The third-order valence-corrected chi connectivity index (χ3v) is 11.3. The molecule has 0 unspecified atom stereocenters. The molecule has 2 aromatic carbocycles. The first-order valence-electron chi connectivity index (χ1n) is 14.1. The Kier molecular flexibility index (Phi) is 7.03. The first-order chi connectivity index (χ1) is 19.9. The van der Waals surface area contributed by atoms with Gasteiger partial charge < -0.3 is 10.6 Å². The standard InChI is InChI=1S/C30H31ClN6O2S2/c1-17-21(31)5-4-7-23(17)37-25(15-32-27(39)30-12-18-9-19(13-30)11-20(10-18)14-30)35-36-29(37)40-16-26(38)34-28-33-22-6-2-3-8-24(22)41-28/h2-8,18-20H,9-16H2,1H3,(H,32,39)(H,33,34,38). The second-order valence-electron chi connectivity index (χ2n) is 11.8. The molecule has 4 aliphatic carbocycles. The summed E-state index contributed by atoms with van der Waals surface area (Å²) in [7, 11) is 0. The maximum Gasteiger partial charge on any atom is 0.236 e. The van der Waals surface area contributed by atoms with Gasteiger partial charge >= 0.3 is 0 Å². The number of fused-ring (bicyclic) bond motifs is 1. The lowest BCUT2D eigenvalue weighted by molar-refractivity contribution is -0.146. The van der Waals surface area contributed by atoms with Gasteiger partial charge in [-0.25, -0.2) is 4.98 Å². The number of carbonyl (C=O) groups is 2. The van der Waals surface area contributed by atoms with Gasteiger partial charge in [-0.3, -0.25) is 14.2 Å². The topological polar surface area (TPSA) is 102 Å². The molecule has 4 saturated carbocycles. The Hall–Kier alpha value is -2.95. The van der Waals surface area contributed by atoms with Crippen molar-refractivity contribution in [3.8, 4) is 5.69 Å². The molecule has 41 heavy (non-hydrogen) atoms. The van der Waals surface area contributed by atoms with Crippen molar-refractivity contribution in [2.45, 2.75) is 57.1 Å². The van der Waals surface area contributed by atoms with Gasteiger partial charge in [-0.1, -0.05) is 52.9 Å². The van der Waals surface area contributed by atoms with Gasteiger partial charge in [0.05, 0.1) is 28.2 Å². The second kappa shape index (κ2) is 10.7. The van der Waals surface area contributed by atoms with E-state index in [1.54, 1.807) is 0 Å².